The number of ether oxygens (including phenoxy) is 2. The molecule has 1 aliphatic rings. The van der Waals surface area contributed by atoms with Crippen molar-refractivity contribution in [1.29, 1.82) is 0 Å². The molecule has 0 spiro atoms. The standard InChI is InChI=1S/C16H24N2O3/c1-3-13(4-2)18(8-7-17)16(19)12-5-6-14-15(11-12)21-10-9-20-14/h5-6,11,13H,3-4,7-10,17H2,1-2H3. The third-order valence-electron chi connectivity index (χ3n) is 3.80. The second-order valence-electron chi connectivity index (χ2n) is 5.12. The number of rotatable bonds is 6. The number of carbonyl (C=O) groups excluding carboxylic acids is 1. The molecule has 0 radical (unpaired) electrons. The summed E-state index contributed by atoms with van der Waals surface area (Å²) in [6.07, 6.45) is 1.85. The first-order valence-corrected chi connectivity index (χ1v) is 7.61. The molecule has 5 nitrogen and oxygen atoms in total. The molecular weight excluding hydrogens is 268 g/mol. The molecule has 0 aromatic heterocycles. The summed E-state index contributed by atoms with van der Waals surface area (Å²) in [6, 6.07) is 5.58. The van der Waals surface area contributed by atoms with Crippen molar-refractivity contribution in [1.82, 2.24) is 4.90 Å². The van der Waals surface area contributed by atoms with Gasteiger partial charge in [-0.1, -0.05) is 13.8 Å². The van der Waals surface area contributed by atoms with Crippen molar-refractivity contribution >= 4 is 5.91 Å². The number of nitrogens with zero attached hydrogens (tertiary/aromatic N) is 1. The van der Waals surface area contributed by atoms with Gasteiger partial charge in [0.2, 0.25) is 0 Å². The Bertz CT molecular complexity index is 486. The lowest BCUT2D eigenvalue weighted by Crippen LogP contribution is -2.42. The molecule has 1 aliphatic heterocycles. The number of carbonyl (C=O) groups is 1. The fraction of sp³-hybridized carbons (Fsp3) is 0.562. The van der Waals surface area contributed by atoms with E-state index in [1.165, 1.54) is 0 Å². The quantitative estimate of drug-likeness (QED) is 0.871. The number of hydrogen-bond acceptors (Lipinski definition) is 4. The van der Waals surface area contributed by atoms with Crippen molar-refractivity contribution in [2.45, 2.75) is 32.7 Å². The van der Waals surface area contributed by atoms with Crippen LogP contribution in [0.2, 0.25) is 0 Å². The zero-order chi connectivity index (χ0) is 15.2. The van der Waals surface area contributed by atoms with E-state index in [2.05, 4.69) is 13.8 Å². The van der Waals surface area contributed by atoms with E-state index in [9.17, 15) is 4.79 Å². The van der Waals surface area contributed by atoms with E-state index in [1.54, 1.807) is 18.2 Å². The summed E-state index contributed by atoms with van der Waals surface area (Å²) < 4.78 is 11.0. The number of nitrogens with two attached hydrogens (primary N) is 1. The van der Waals surface area contributed by atoms with Crippen molar-refractivity contribution < 1.29 is 14.3 Å². The summed E-state index contributed by atoms with van der Waals surface area (Å²) in [4.78, 5) is 14.6. The van der Waals surface area contributed by atoms with Gasteiger partial charge in [-0.2, -0.15) is 0 Å². The number of fused-ring (bicyclic) bond motifs is 1. The number of hydrogen-bond donors (Lipinski definition) is 1. The van der Waals surface area contributed by atoms with Gasteiger partial charge in [0.05, 0.1) is 0 Å². The molecule has 1 aromatic rings. The smallest absolute Gasteiger partial charge is 0.254 e. The summed E-state index contributed by atoms with van der Waals surface area (Å²) in [5.41, 5.74) is 6.29. The van der Waals surface area contributed by atoms with E-state index in [0.717, 1.165) is 12.8 Å². The Labute approximate surface area is 126 Å². The van der Waals surface area contributed by atoms with Crippen LogP contribution in [-0.2, 0) is 0 Å². The minimum Gasteiger partial charge on any atom is -0.486 e. The second kappa shape index (κ2) is 7.31. The molecule has 5 heteroatoms. The molecule has 2 rings (SSSR count). The first-order chi connectivity index (χ1) is 10.2. The Morgan fingerprint density at radius 2 is 1.90 bits per heavy atom. The van der Waals surface area contributed by atoms with Crippen LogP contribution in [0.5, 0.6) is 11.5 Å². The van der Waals surface area contributed by atoms with E-state index in [4.69, 9.17) is 15.2 Å². The van der Waals surface area contributed by atoms with Crippen molar-refractivity contribution in [3.63, 3.8) is 0 Å². The van der Waals surface area contributed by atoms with Gasteiger partial charge in [0, 0.05) is 24.7 Å². The first-order valence-electron chi connectivity index (χ1n) is 7.61. The molecule has 0 aliphatic carbocycles. The van der Waals surface area contributed by atoms with Crippen LogP contribution < -0.4 is 15.2 Å². The van der Waals surface area contributed by atoms with Gasteiger partial charge in [-0.15, -0.1) is 0 Å². The Kier molecular flexibility index (Phi) is 5.44. The summed E-state index contributed by atoms with van der Waals surface area (Å²) in [5, 5.41) is 0. The normalized spacial score (nSPS) is 13.3. The highest BCUT2D eigenvalue weighted by atomic mass is 16.6. The molecule has 0 atom stereocenters. The van der Waals surface area contributed by atoms with Crippen LogP contribution in [0.15, 0.2) is 18.2 Å². The van der Waals surface area contributed by atoms with Crippen molar-refractivity contribution in [3.8, 4) is 11.5 Å². The van der Waals surface area contributed by atoms with Gasteiger partial charge in [0.15, 0.2) is 11.5 Å². The van der Waals surface area contributed by atoms with Crippen molar-refractivity contribution in [2.75, 3.05) is 26.3 Å². The molecular formula is C16H24N2O3. The summed E-state index contributed by atoms with van der Waals surface area (Å²) >= 11 is 0. The molecule has 1 amide bonds. The van der Waals surface area contributed by atoms with Gasteiger partial charge in [0.1, 0.15) is 13.2 Å². The van der Waals surface area contributed by atoms with E-state index in [0.29, 0.717) is 43.4 Å². The van der Waals surface area contributed by atoms with Gasteiger partial charge in [-0.3, -0.25) is 4.79 Å². The van der Waals surface area contributed by atoms with Crippen LogP contribution in [0.4, 0.5) is 0 Å². The average molecular weight is 292 g/mol. The highest BCUT2D eigenvalue weighted by Crippen LogP contribution is 2.31. The Hall–Kier alpha value is -1.75. The van der Waals surface area contributed by atoms with Crippen LogP contribution in [0.3, 0.4) is 0 Å². The molecule has 0 saturated heterocycles. The van der Waals surface area contributed by atoms with Crippen molar-refractivity contribution in [2.24, 2.45) is 5.73 Å². The number of benzene rings is 1. The molecule has 0 unspecified atom stereocenters. The maximum atomic E-state index is 12.8. The second-order valence-corrected chi connectivity index (χ2v) is 5.12. The maximum absolute atomic E-state index is 12.8. The molecule has 0 bridgehead atoms. The Morgan fingerprint density at radius 1 is 1.24 bits per heavy atom. The lowest BCUT2D eigenvalue weighted by Gasteiger charge is -2.30. The lowest BCUT2D eigenvalue weighted by atomic mass is 10.1. The topological polar surface area (TPSA) is 64.8 Å². The molecule has 1 heterocycles. The fourth-order valence-corrected chi connectivity index (χ4v) is 2.66. The molecule has 1 aromatic carbocycles. The van der Waals surface area contributed by atoms with Gasteiger partial charge < -0.3 is 20.1 Å². The highest BCUT2D eigenvalue weighted by Gasteiger charge is 2.23. The predicted octanol–water partition coefficient (Wildman–Crippen LogP) is 2.05. The lowest BCUT2D eigenvalue weighted by molar-refractivity contribution is 0.0673. The monoisotopic (exact) mass is 292 g/mol. The van der Waals surface area contributed by atoms with Crippen LogP contribution in [0.1, 0.15) is 37.0 Å². The molecule has 116 valence electrons. The predicted molar refractivity (Wildman–Crippen MR) is 81.9 cm³/mol. The summed E-state index contributed by atoms with van der Waals surface area (Å²) in [6.45, 7) is 6.28. The fourth-order valence-electron chi connectivity index (χ4n) is 2.66. The van der Waals surface area contributed by atoms with Gasteiger partial charge >= 0.3 is 0 Å². The first kappa shape index (κ1) is 15.6. The maximum Gasteiger partial charge on any atom is 0.254 e. The zero-order valence-corrected chi connectivity index (χ0v) is 12.8. The summed E-state index contributed by atoms with van der Waals surface area (Å²) in [7, 11) is 0. The zero-order valence-electron chi connectivity index (χ0n) is 12.8. The van der Waals surface area contributed by atoms with Gasteiger partial charge in [-0.05, 0) is 31.0 Å². The molecule has 0 fully saturated rings. The Morgan fingerprint density at radius 3 is 2.52 bits per heavy atom. The molecule has 2 N–H and O–H groups in total. The van der Waals surface area contributed by atoms with Gasteiger partial charge in [-0.25, -0.2) is 0 Å². The van der Waals surface area contributed by atoms with E-state index in [1.807, 2.05) is 4.90 Å². The SMILES string of the molecule is CCC(CC)N(CCN)C(=O)c1ccc2c(c1)OCCO2. The largest absolute Gasteiger partial charge is 0.486 e. The third kappa shape index (κ3) is 3.47. The molecule has 21 heavy (non-hydrogen) atoms. The van der Waals surface area contributed by atoms with E-state index >= 15 is 0 Å². The van der Waals surface area contributed by atoms with E-state index < -0.39 is 0 Å². The van der Waals surface area contributed by atoms with Crippen LogP contribution in [0.25, 0.3) is 0 Å². The average Bonchev–Trinajstić information content (AvgIpc) is 2.54. The summed E-state index contributed by atoms with van der Waals surface area (Å²) in [5.74, 6) is 1.35. The number of amides is 1. The van der Waals surface area contributed by atoms with E-state index in [-0.39, 0.29) is 11.9 Å². The molecule has 0 saturated carbocycles. The van der Waals surface area contributed by atoms with Crippen LogP contribution in [0, 0.1) is 0 Å². The minimum atomic E-state index is 0.00567. The minimum absolute atomic E-state index is 0.00567. The Balaban J connectivity index is 2.23. The van der Waals surface area contributed by atoms with Crippen molar-refractivity contribution in [3.05, 3.63) is 23.8 Å². The third-order valence-corrected chi connectivity index (χ3v) is 3.80. The van der Waals surface area contributed by atoms with Crippen LogP contribution in [-0.4, -0.2) is 43.2 Å². The van der Waals surface area contributed by atoms with Crippen LogP contribution >= 0.6 is 0 Å². The highest BCUT2D eigenvalue weighted by molar-refractivity contribution is 5.95. The van der Waals surface area contributed by atoms with Gasteiger partial charge in [0.25, 0.3) is 5.91 Å².